The van der Waals surface area contributed by atoms with Crippen molar-refractivity contribution >= 4 is 39.6 Å². The lowest BCUT2D eigenvalue weighted by molar-refractivity contribution is -0.125. The van der Waals surface area contributed by atoms with E-state index in [9.17, 15) is 14.4 Å². The van der Waals surface area contributed by atoms with E-state index in [-0.39, 0.29) is 11.9 Å². The van der Waals surface area contributed by atoms with Gasteiger partial charge in [-0.3, -0.25) is 20.1 Å². The molecule has 3 N–H and O–H groups in total. The number of benzene rings is 2. The third kappa shape index (κ3) is 2.64. The van der Waals surface area contributed by atoms with Gasteiger partial charge in [-0.15, -0.1) is 0 Å². The van der Waals surface area contributed by atoms with Gasteiger partial charge in [-0.1, -0.05) is 12.1 Å². The van der Waals surface area contributed by atoms with Crippen LogP contribution >= 0.6 is 0 Å². The smallest absolute Gasteiger partial charge is 0.408 e. The zero-order valence-electron chi connectivity index (χ0n) is 17.2. The fraction of sp³-hybridized carbons (Fsp3) is 0.217. The van der Waals surface area contributed by atoms with Crippen molar-refractivity contribution in [2.75, 3.05) is 12.4 Å². The Kier molecular flexibility index (Phi) is 3.74. The normalized spacial score (nSPS) is 19.8. The first-order chi connectivity index (χ1) is 15.4. The number of amides is 3. The molecule has 0 bridgehead atoms. The molecule has 2 aromatic heterocycles. The Hall–Kier alpha value is -4.14. The minimum atomic E-state index is -0.846. The second-order valence-electron chi connectivity index (χ2n) is 8.37. The molecule has 0 radical (unpaired) electrons. The maximum Gasteiger partial charge on any atom is 0.417 e. The number of rotatable bonds is 3. The van der Waals surface area contributed by atoms with Gasteiger partial charge >= 0.3 is 11.8 Å². The van der Waals surface area contributed by atoms with Crippen LogP contribution in [0.5, 0.6) is 0 Å². The maximum absolute atomic E-state index is 12.5. The van der Waals surface area contributed by atoms with E-state index < -0.39 is 11.3 Å². The number of imide groups is 1. The Labute approximate surface area is 181 Å². The van der Waals surface area contributed by atoms with Crippen LogP contribution in [0, 0.1) is 0 Å². The number of aromatic nitrogens is 2. The molecule has 6 rings (SSSR count). The summed E-state index contributed by atoms with van der Waals surface area (Å²) >= 11 is 0. The number of carbonyl (C=O) groups is 2. The molecular formula is C23H19N5O4. The van der Waals surface area contributed by atoms with Crippen LogP contribution in [0.1, 0.15) is 16.8 Å². The van der Waals surface area contributed by atoms with Crippen molar-refractivity contribution in [1.29, 1.82) is 0 Å². The van der Waals surface area contributed by atoms with Crippen molar-refractivity contribution in [2.45, 2.75) is 24.9 Å². The Morgan fingerprint density at radius 3 is 2.72 bits per heavy atom. The summed E-state index contributed by atoms with van der Waals surface area (Å²) in [6.07, 6.45) is 0.981. The number of likely N-dealkylation sites (N-methyl/N-ethyl adjacent to an activating group) is 1. The zero-order chi connectivity index (χ0) is 22.0. The van der Waals surface area contributed by atoms with Gasteiger partial charge in [-0.2, -0.15) is 0 Å². The first-order valence-corrected chi connectivity index (χ1v) is 10.3. The summed E-state index contributed by atoms with van der Waals surface area (Å²) in [5.41, 5.74) is 4.80. The fourth-order valence-corrected chi connectivity index (χ4v) is 4.77. The van der Waals surface area contributed by atoms with Gasteiger partial charge in [0, 0.05) is 25.3 Å². The highest BCUT2D eigenvalue weighted by atomic mass is 16.4. The second-order valence-corrected chi connectivity index (χ2v) is 8.37. The summed E-state index contributed by atoms with van der Waals surface area (Å²) < 4.78 is 5.10. The minimum absolute atomic E-state index is 0.241. The van der Waals surface area contributed by atoms with Gasteiger partial charge in [0.05, 0.1) is 23.4 Å². The minimum Gasteiger partial charge on any atom is -0.408 e. The molecule has 2 aliphatic rings. The molecule has 1 unspecified atom stereocenters. The molecular weight excluding hydrogens is 410 g/mol. The van der Waals surface area contributed by atoms with Crippen molar-refractivity contribution < 1.29 is 14.0 Å². The summed E-state index contributed by atoms with van der Waals surface area (Å²) in [4.78, 5) is 45.0. The number of carbonyl (C=O) groups excluding carboxylic acids is 2. The topological polar surface area (TPSA) is 120 Å². The first-order valence-electron chi connectivity index (χ1n) is 10.3. The molecule has 3 amide bonds. The number of pyridine rings is 1. The van der Waals surface area contributed by atoms with Gasteiger partial charge in [-0.05, 0) is 41.5 Å². The number of hydrogen-bond donors (Lipinski definition) is 3. The molecule has 9 heteroatoms. The summed E-state index contributed by atoms with van der Waals surface area (Å²) in [7, 11) is 1.67. The highest BCUT2D eigenvalue weighted by Crippen LogP contribution is 2.38. The molecule has 4 aromatic rings. The second kappa shape index (κ2) is 6.43. The van der Waals surface area contributed by atoms with Gasteiger partial charge in [0.15, 0.2) is 5.58 Å². The van der Waals surface area contributed by atoms with E-state index in [1.807, 2.05) is 30.3 Å². The Bertz CT molecular complexity index is 1500. The van der Waals surface area contributed by atoms with E-state index in [4.69, 9.17) is 9.40 Å². The molecule has 1 spiro atoms. The third-order valence-corrected chi connectivity index (χ3v) is 6.54. The van der Waals surface area contributed by atoms with Gasteiger partial charge in [0.2, 0.25) is 0 Å². The van der Waals surface area contributed by atoms with E-state index >= 15 is 0 Å². The number of para-hydroxylation sites is 1. The summed E-state index contributed by atoms with van der Waals surface area (Å²) in [5, 5.41) is 6.71. The SMILES string of the molecule is CN1C(=O)NC(=O)C12Cc1cc3ccc(CNc4cccc5oc(=O)[nH]c45)nc3cc1C2. The average molecular weight is 429 g/mol. The number of nitrogens with zero attached hydrogens (tertiary/aromatic N) is 2. The summed E-state index contributed by atoms with van der Waals surface area (Å²) in [5.74, 6) is -0.734. The van der Waals surface area contributed by atoms with Crippen LogP contribution in [0.3, 0.4) is 0 Å². The van der Waals surface area contributed by atoms with E-state index in [0.717, 1.165) is 33.4 Å². The number of urea groups is 1. The lowest BCUT2D eigenvalue weighted by atomic mass is 9.95. The number of nitrogens with one attached hydrogen (secondary N) is 3. The Balaban J connectivity index is 1.29. The Morgan fingerprint density at radius 1 is 1.12 bits per heavy atom. The van der Waals surface area contributed by atoms with Crippen LogP contribution in [0.25, 0.3) is 22.0 Å². The highest BCUT2D eigenvalue weighted by molar-refractivity contribution is 6.08. The van der Waals surface area contributed by atoms with Gasteiger partial charge in [0.25, 0.3) is 5.91 Å². The first kappa shape index (κ1) is 18.6. The van der Waals surface area contributed by atoms with E-state index in [1.165, 1.54) is 4.90 Å². The molecule has 1 aliphatic carbocycles. The molecule has 1 fully saturated rings. The molecule has 1 aliphatic heterocycles. The number of anilines is 1. The van der Waals surface area contributed by atoms with E-state index in [1.54, 1.807) is 13.1 Å². The standard InChI is InChI=1S/C23H19N5O4/c1-28-21(30)27-20(29)23(28)9-13-7-12-5-6-15(25-17(12)8-14(13)10-23)11-24-16-3-2-4-18-19(16)26-22(31)32-18/h2-8,24H,9-11H2,1H3,(H,26,31)(H,27,29,30). The molecule has 3 heterocycles. The van der Waals surface area contributed by atoms with Crippen LogP contribution in [0.4, 0.5) is 10.5 Å². The Morgan fingerprint density at radius 2 is 1.94 bits per heavy atom. The fourth-order valence-electron chi connectivity index (χ4n) is 4.77. The monoisotopic (exact) mass is 429 g/mol. The van der Waals surface area contributed by atoms with Crippen molar-refractivity contribution in [3.8, 4) is 0 Å². The summed E-state index contributed by atoms with van der Waals surface area (Å²) in [6.45, 7) is 0.461. The average Bonchev–Trinajstić information content (AvgIpc) is 3.40. The van der Waals surface area contributed by atoms with Gasteiger partial charge in [0.1, 0.15) is 11.1 Å². The predicted octanol–water partition coefficient (Wildman–Crippen LogP) is 2.30. The van der Waals surface area contributed by atoms with Crippen LogP contribution in [0.15, 0.2) is 51.7 Å². The predicted molar refractivity (Wildman–Crippen MR) is 117 cm³/mol. The number of oxazole rings is 1. The molecule has 1 atom stereocenters. The zero-order valence-corrected chi connectivity index (χ0v) is 17.2. The van der Waals surface area contributed by atoms with Gasteiger partial charge < -0.3 is 14.6 Å². The largest absolute Gasteiger partial charge is 0.417 e. The number of hydrogen-bond acceptors (Lipinski definition) is 6. The molecule has 0 saturated carbocycles. The van der Waals surface area contributed by atoms with Crippen molar-refractivity contribution in [2.24, 2.45) is 0 Å². The number of aromatic amines is 1. The molecule has 9 nitrogen and oxygen atoms in total. The van der Waals surface area contributed by atoms with Crippen LogP contribution in [-0.2, 0) is 24.2 Å². The lowest BCUT2D eigenvalue weighted by Crippen LogP contribution is -2.48. The number of fused-ring (bicyclic) bond motifs is 3. The van der Waals surface area contributed by atoms with Gasteiger partial charge in [-0.25, -0.2) is 9.59 Å². The van der Waals surface area contributed by atoms with Crippen molar-refractivity contribution in [1.82, 2.24) is 20.2 Å². The van der Waals surface area contributed by atoms with E-state index in [0.29, 0.717) is 30.5 Å². The molecule has 32 heavy (non-hydrogen) atoms. The third-order valence-electron chi connectivity index (χ3n) is 6.54. The lowest BCUT2D eigenvalue weighted by Gasteiger charge is -2.27. The molecule has 1 saturated heterocycles. The van der Waals surface area contributed by atoms with Crippen LogP contribution < -0.4 is 16.4 Å². The maximum atomic E-state index is 12.5. The van der Waals surface area contributed by atoms with Crippen LogP contribution in [0.2, 0.25) is 0 Å². The molecule has 160 valence electrons. The van der Waals surface area contributed by atoms with Crippen molar-refractivity contribution in [3.05, 3.63) is 69.8 Å². The van der Waals surface area contributed by atoms with Crippen molar-refractivity contribution in [3.63, 3.8) is 0 Å². The van der Waals surface area contributed by atoms with Crippen LogP contribution in [-0.4, -0.2) is 39.4 Å². The summed E-state index contributed by atoms with van der Waals surface area (Å²) in [6, 6.07) is 13.1. The quantitative estimate of drug-likeness (QED) is 0.430. The number of H-pyrrole nitrogens is 1. The molecule has 2 aromatic carbocycles. The van der Waals surface area contributed by atoms with E-state index in [2.05, 4.69) is 21.7 Å². The highest BCUT2D eigenvalue weighted by Gasteiger charge is 2.54.